The summed E-state index contributed by atoms with van der Waals surface area (Å²) in [5.41, 5.74) is 5.33. The Kier molecular flexibility index (Phi) is 3.28. The molecule has 3 heterocycles. The zero-order valence-corrected chi connectivity index (χ0v) is 13.8. The fourth-order valence-electron chi connectivity index (χ4n) is 2.96. The third kappa shape index (κ3) is 2.29. The highest BCUT2D eigenvalue weighted by Gasteiger charge is 2.16. The van der Waals surface area contributed by atoms with E-state index in [4.69, 9.17) is 0 Å². The average molecular weight is 315 g/mol. The minimum atomic E-state index is 0.970. The lowest BCUT2D eigenvalue weighted by molar-refractivity contribution is 0.701. The monoisotopic (exact) mass is 315 g/mol. The third-order valence-corrected chi connectivity index (χ3v) is 6.19. The van der Waals surface area contributed by atoms with Crippen molar-refractivity contribution in [2.24, 2.45) is 0 Å². The van der Waals surface area contributed by atoms with Crippen LogP contribution >= 0.6 is 23.3 Å². The van der Waals surface area contributed by atoms with E-state index < -0.39 is 0 Å². The van der Waals surface area contributed by atoms with E-state index in [0.717, 1.165) is 30.2 Å². The van der Waals surface area contributed by atoms with E-state index in [-0.39, 0.29) is 0 Å². The topological polar surface area (TPSA) is 29.9 Å². The van der Waals surface area contributed by atoms with Gasteiger partial charge in [-0.25, -0.2) is 4.98 Å². The Morgan fingerprint density at radius 1 is 1.29 bits per heavy atom. The number of aryl methyl sites for hydroxylation is 2. The fourth-order valence-corrected chi connectivity index (χ4v) is 5.14. The normalized spacial score (nSPS) is 14.6. The summed E-state index contributed by atoms with van der Waals surface area (Å²) in [7, 11) is 0. The van der Waals surface area contributed by atoms with Crippen LogP contribution in [0.1, 0.15) is 21.8 Å². The Bertz CT molecular complexity index is 816. The first-order valence-electron chi connectivity index (χ1n) is 7.17. The molecule has 0 aliphatic carbocycles. The van der Waals surface area contributed by atoms with Crippen LogP contribution in [0.5, 0.6) is 0 Å². The van der Waals surface area contributed by atoms with Crippen molar-refractivity contribution in [2.75, 3.05) is 6.54 Å². The molecule has 5 heteroatoms. The Labute approximate surface area is 132 Å². The summed E-state index contributed by atoms with van der Waals surface area (Å²) < 4.78 is 3.61. The Morgan fingerprint density at radius 2 is 2.19 bits per heavy atom. The van der Waals surface area contributed by atoms with Crippen LogP contribution in [0, 0.1) is 13.8 Å². The Morgan fingerprint density at radius 3 is 3.00 bits per heavy atom. The van der Waals surface area contributed by atoms with E-state index in [9.17, 15) is 0 Å². The first-order valence-corrected chi connectivity index (χ1v) is 8.76. The predicted molar refractivity (Wildman–Crippen MR) is 90.2 cm³/mol. The van der Waals surface area contributed by atoms with Gasteiger partial charge in [-0.3, -0.25) is 3.97 Å². The van der Waals surface area contributed by atoms with Crippen LogP contribution in [0.25, 0.3) is 10.9 Å². The van der Waals surface area contributed by atoms with Gasteiger partial charge in [-0.05, 0) is 44.0 Å². The van der Waals surface area contributed by atoms with Gasteiger partial charge >= 0.3 is 0 Å². The molecule has 3 nitrogen and oxygen atoms in total. The molecule has 1 N–H and O–H groups in total. The maximum atomic E-state index is 4.53. The molecule has 0 unspecified atom stereocenters. The van der Waals surface area contributed by atoms with Crippen LogP contribution in [0.2, 0.25) is 0 Å². The van der Waals surface area contributed by atoms with Crippen molar-refractivity contribution in [3.05, 3.63) is 46.2 Å². The van der Waals surface area contributed by atoms with E-state index in [0.29, 0.717) is 0 Å². The number of aromatic nitrogens is 2. The minimum Gasteiger partial charge on any atom is -0.312 e. The van der Waals surface area contributed by atoms with Crippen LogP contribution in [0.3, 0.4) is 0 Å². The summed E-state index contributed by atoms with van der Waals surface area (Å²) >= 11 is 3.57. The summed E-state index contributed by atoms with van der Waals surface area (Å²) in [6, 6.07) is 6.63. The average Bonchev–Trinajstić information content (AvgIpc) is 2.88. The van der Waals surface area contributed by atoms with E-state index in [2.05, 4.69) is 52.5 Å². The lowest BCUT2D eigenvalue weighted by atomic mass is 10.1. The molecule has 0 saturated heterocycles. The fraction of sp³-hybridized carbons (Fsp3) is 0.312. The summed E-state index contributed by atoms with van der Waals surface area (Å²) in [6.07, 6.45) is 3.40. The molecule has 1 aliphatic rings. The molecular weight excluding hydrogens is 298 g/mol. The lowest BCUT2D eigenvalue weighted by Crippen LogP contribution is -2.13. The van der Waals surface area contributed by atoms with E-state index in [1.165, 1.54) is 26.2 Å². The second-order valence-electron chi connectivity index (χ2n) is 5.42. The van der Waals surface area contributed by atoms with Crippen LogP contribution in [0.15, 0.2) is 28.6 Å². The van der Waals surface area contributed by atoms with Crippen molar-refractivity contribution >= 4 is 34.2 Å². The van der Waals surface area contributed by atoms with Gasteiger partial charge in [-0.1, -0.05) is 12.1 Å². The van der Waals surface area contributed by atoms with E-state index in [1.54, 1.807) is 23.3 Å². The van der Waals surface area contributed by atoms with E-state index >= 15 is 0 Å². The van der Waals surface area contributed by atoms with Crippen LogP contribution in [-0.4, -0.2) is 15.5 Å². The number of nitrogens with one attached hydrogen (secondary N) is 1. The predicted octanol–water partition coefficient (Wildman–Crippen LogP) is 3.92. The smallest absolute Gasteiger partial charge is 0.104 e. The molecule has 21 heavy (non-hydrogen) atoms. The Hall–Kier alpha value is -1.30. The van der Waals surface area contributed by atoms with Gasteiger partial charge < -0.3 is 5.32 Å². The first kappa shape index (κ1) is 13.4. The van der Waals surface area contributed by atoms with Crippen LogP contribution in [-0.2, 0) is 13.0 Å². The van der Waals surface area contributed by atoms with Crippen molar-refractivity contribution in [2.45, 2.75) is 31.0 Å². The van der Waals surface area contributed by atoms with Crippen LogP contribution in [0.4, 0.5) is 0 Å². The minimum absolute atomic E-state index is 0.970. The SMILES string of the molecule is Cc1nc(C)c(Sn2cc3c4c(cccc42)CNCC3)s1. The number of rotatable bonds is 2. The number of benzene rings is 1. The largest absolute Gasteiger partial charge is 0.312 e. The van der Waals surface area contributed by atoms with Gasteiger partial charge in [0.05, 0.1) is 16.2 Å². The second kappa shape index (κ2) is 5.16. The summed E-state index contributed by atoms with van der Waals surface area (Å²) in [6.45, 7) is 6.19. The molecule has 2 aromatic heterocycles. The maximum absolute atomic E-state index is 4.53. The lowest BCUT2D eigenvalue weighted by Gasteiger charge is -2.05. The van der Waals surface area contributed by atoms with Gasteiger partial charge in [-0.2, -0.15) is 0 Å². The molecule has 1 aromatic carbocycles. The molecule has 0 spiro atoms. The highest BCUT2D eigenvalue weighted by molar-refractivity contribution is 7.99. The quantitative estimate of drug-likeness (QED) is 0.777. The van der Waals surface area contributed by atoms with Crippen molar-refractivity contribution in [3.8, 4) is 0 Å². The third-order valence-electron chi connectivity index (χ3n) is 3.89. The zero-order valence-electron chi connectivity index (χ0n) is 12.1. The molecule has 0 atom stereocenters. The molecular formula is C16H17N3S2. The highest BCUT2D eigenvalue weighted by atomic mass is 32.2. The van der Waals surface area contributed by atoms with Gasteiger partial charge in [0.2, 0.25) is 0 Å². The molecule has 1 aliphatic heterocycles. The van der Waals surface area contributed by atoms with Crippen molar-refractivity contribution < 1.29 is 0 Å². The molecule has 0 amide bonds. The van der Waals surface area contributed by atoms with Gasteiger partial charge in [0.15, 0.2) is 0 Å². The van der Waals surface area contributed by atoms with Crippen molar-refractivity contribution in [1.29, 1.82) is 0 Å². The molecule has 0 radical (unpaired) electrons. The number of hydrogen-bond donors (Lipinski definition) is 1. The van der Waals surface area contributed by atoms with Crippen LogP contribution < -0.4 is 5.32 Å². The molecule has 0 saturated carbocycles. The Balaban J connectivity index is 1.85. The second-order valence-corrected chi connectivity index (χ2v) is 7.86. The zero-order chi connectivity index (χ0) is 14.4. The van der Waals surface area contributed by atoms with E-state index in [1.807, 2.05) is 0 Å². The molecule has 108 valence electrons. The van der Waals surface area contributed by atoms with Gasteiger partial charge in [0.25, 0.3) is 0 Å². The van der Waals surface area contributed by atoms with Crippen molar-refractivity contribution in [1.82, 2.24) is 14.3 Å². The standard InChI is InChI=1S/C16H17N3S2/c1-10-16(20-11(2)18-10)21-19-9-13-6-7-17-8-12-4-3-5-14(19)15(12)13/h3-5,9,17H,6-8H2,1-2H3. The molecule has 0 bridgehead atoms. The molecule has 4 rings (SSSR count). The van der Waals surface area contributed by atoms with Gasteiger partial charge in [-0.15, -0.1) is 11.3 Å². The number of nitrogens with zero attached hydrogens (tertiary/aromatic N) is 2. The summed E-state index contributed by atoms with van der Waals surface area (Å²) in [5.74, 6) is 0. The van der Waals surface area contributed by atoms with Gasteiger partial charge in [0, 0.05) is 30.1 Å². The maximum Gasteiger partial charge on any atom is 0.104 e. The number of thiazole rings is 1. The molecule has 0 fully saturated rings. The first-order chi connectivity index (χ1) is 10.2. The molecule has 3 aromatic rings. The summed E-state index contributed by atoms with van der Waals surface area (Å²) in [4.78, 5) is 4.53. The highest BCUT2D eigenvalue weighted by Crippen LogP contribution is 2.36. The summed E-state index contributed by atoms with van der Waals surface area (Å²) in [5, 5.41) is 6.07. The van der Waals surface area contributed by atoms with Gasteiger partial charge in [0.1, 0.15) is 4.21 Å². The van der Waals surface area contributed by atoms with Crippen molar-refractivity contribution in [3.63, 3.8) is 0 Å². The number of hydrogen-bond acceptors (Lipinski definition) is 4.